The molecule has 0 aromatic carbocycles. The minimum Gasteiger partial charge on any atom is -0.465 e. The number of hydrogen-bond donors (Lipinski definition) is 2. The Bertz CT molecular complexity index is 660. The second-order valence-corrected chi connectivity index (χ2v) is 6.97. The number of pyridine rings is 1. The van der Waals surface area contributed by atoms with E-state index in [2.05, 4.69) is 17.6 Å². The zero-order chi connectivity index (χ0) is 18.1. The third kappa shape index (κ3) is 3.60. The Labute approximate surface area is 148 Å². The quantitative estimate of drug-likeness (QED) is 0.493. The molecule has 1 aromatic heterocycles. The molecule has 2 N–H and O–H groups in total. The topological polar surface area (TPSA) is 83.7 Å². The lowest BCUT2D eigenvalue weighted by Gasteiger charge is -2.32. The zero-order valence-electron chi connectivity index (χ0n) is 14.6. The summed E-state index contributed by atoms with van der Waals surface area (Å²) in [4.78, 5) is 15.7. The Balaban J connectivity index is 2.37. The Morgan fingerprint density at radius 2 is 1.96 bits per heavy atom. The van der Waals surface area contributed by atoms with Crippen LogP contribution in [0.4, 0.5) is 5.82 Å². The van der Waals surface area contributed by atoms with Gasteiger partial charge in [-0.25, -0.2) is 9.78 Å². The summed E-state index contributed by atoms with van der Waals surface area (Å²) in [6, 6.07) is 1.63. The number of ether oxygens (including phenoxy) is 1. The van der Waals surface area contributed by atoms with E-state index in [9.17, 15) is 4.79 Å². The smallest absolute Gasteiger partial charge is 0.465 e. The summed E-state index contributed by atoms with van der Waals surface area (Å²) in [5.41, 5.74) is 6.75. The van der Waals surface area contributed by atoms with Crippen molar-refractivity contribution in [2.24, 2.45) is 0 Å². The Morgan fingerprint density at radius 3 is 2.46 bits per heavy atom. The zero-order valence-corrected chi connectivity index (χ0v) is 15.5. The van der Waals surface area contributed by atoms with Crippen LogP contribution in [0.25, 0.3) is 6.08 Å². The number of carbonyl (C=O) groups excluding carboxylic acids is 1. The SMILES string of the molecule is COC(=O)c1cnc(N)c(C=C(CS)B2OC(C)(C)C(C)(C)O2)c1. The average Bonchev–Trinajstić information content (AvgIpc) is 2.73. The van der Waals surface area contributed by atoms with Crippen LogP contribution in [-0.4, -0.2) is 42.1 Å². The molecule has 0 aliphatic carbocycles. The molecule has 1 saturated heterocycles. The van der Waals surface area contributed by atoms with Crippen molar-refractivity contribution >= 4 is 37.6 Å². The van der Waals surface area contributed by atoms with Crippen LogP contribution in [0, 0.1) is 0 Å². The van der Waals surface area contributed by atoms with Gasteiger partial charge in [-0.05, 0) is 39.2 Å². The maximum Gasteiger partial charge on any atom is 0.491 e. The van der Waals surface area contributed by atoms with Crippen LogP contribution in [0.15, 0.2) is 17.7 Å². The molecule has 0 bridgehead atoms. The third-order valence-corrected chi connectivity index (χ3v) is 4.82. The van der Waals surface area contributed by atoms with Crippen molar-refractivity contribution < 1.29 is 18.8 Å². The molecule has 0 amide bonds. The predicted molar refractivity (Wildman–Crippen MR) is 97.9 cm³/mol. The second-order valence-electron chi connectivity index (χ2n) is 6.66. The number of esters is 1. The highest BCUT2D eigenvalue weighted by Crippen LogP contribution is 2.39. The summed E-state index contributed by atoms with van der Waals surface area (Å²) in [6.45, 7) is 7.93. The largest absolute Gasteiger partial charge is 0.491 e. The maximum absolute atomic E-state index is 11.7. The number of hydrogen-bond acceptors (Lipinski definition) is 7. The van der Waals surface area contributed by atoms with Crippen LogP contribution in [0.3, 0.4) is 0 Å². The third-order valence-electron chi connectivity index (χ3n) is 4.45. The van der Waals surface area contributed by atoms with Gasteiger partial charge in [0.1, 0.15) is 5.82 Å². The van der Waals surface area contributed by atoms with E-state index in [1.54, 1.807) is 12.1 Å². The molecular weight excluding hydrogens is 327 g/mol. The minimum atomic E-state index is -0.534. The van der Waals surface area contributed by atoms with Crippen molar-refractivity contribution in [3.63, 3.8) is 0 Å². The molecule has 2 heterocycles. The maximum atomic E-state index is 11.7. The molecule has 1 fully saturated rings. The highest BCUT2D eigenvalue weighted by atomic mass is 32.1. The summed E-state index contributed by atoms with van der Waals surface area (Å²) in [6.07, 6.45) is 3.18. The van der Waals surface area contributed by atoms with Gasteiger partial charge in [-0.1, -0.05) is 6.08 Å². The number of nitrogens with zero attached hydrogens (tertiary/aromatic N) is 1. The Morgan fingerprint density at radius 1 is 1.38 bits per heavy atom. The summed E-state index contributed by atoms with van der Waals surface area (Å²) >= 11 is 4.37. The minimum absolute atomic E-state index is 0.304. The molecule has 0 saturated carbocycles. The molecule has 0 atom stereocenters. The molecule has 6 nitrogen and oxygen atoms in total. The second kappa shape index (κ2) is 6.78. The number of carbonyl (C=O) groups is 1. The normalized spacial score (nSPS) is 19.4. The molecule has 8 heteroatoms. The van der Waals surface area contributed by atoms with Crippen LogP contribution in [-0.2, 0) is 14.0 Å². The van der Waals surface area contributed by atoms with Gasteiger partial charge in [0.25, 0.3) is 0 Å². The van der Waals surface area contributed by atoms with E-state index in [-0.39, 0.29) is 0 Å². The molecule has 130 valence electrons. The lowest BCUT2D eigenvalue weighted by molar-refractivity contribution is 0.00578. The van der Waals surface area contributed by atoms with E-state index in [0.29, 0.717) is 22.7 Å². The fourth-order valence-corrected chi connectivity index (χ4v) is 2.46. The Kier molecular flexibility index (Phi) is 5.32. The first-order chi connectivity index (χ1) is 11.1. The van der Waals surface area contributed by atoms with Crippen LogP contribution in [0.1, 0.15) is 43.6 Å². The van der Waals surface area contributed by atoms with Gasteiger partial charge < -0.3 is 19.8 Å². The van der Waals surface area contributed by atoms with Gasteiger partial charge >= 0.3 is 13.1 Å². The molecule has 0 unspecified atom stereocenters. The molecule has 0 spiro atoms. The van der Waals surface area contributed by atoms with Gasteiger partial charge in [0.2, 0.25) is 0 Å². The summed E-state index contributed by atoms with van der Waals surface area (Å²) in [5.74, 6) is 0.247. The van der Waals surface area contributed by atoms with Crippen molar-refractivity contribution in [2.75, 3.05) is 18.6 Å². The summed E-state index contributed by atoms with van der Waals surface area (Å²) in [5, 5.41) is 0. The number of thiol groups is 1. The van der Waals surface area contributed by atoms with Gasteiger partial charge in [-0.3, -0.25) is 0 Å². The molecular formula is C16H23BN2O4S. The lowest BCUT2D eigenvalue weighted by atomic mass is 9.78. The Hall–Kier alpha value is -1.51. The van der Waals surface area contributed by atoms with E-state index >= 15 is 0 Å². The highest BCUT2D eigenvalue weighted by Gasteiger charge is 2.52. The first kappa shape index (κ1) is 18.8. The van der Waals surface area contributed by atoms with E-state index in [4.69, 9.17) is 19.8 Å². The molecule has 0 radical (unpaired) electrons. The van der Waals surface area contributed by atoms with Gasteiger partial charge in [0.15, 0.2) is 0 Å². The van der Waals surface area contributed by atoms with Gasteiger partial charge in [-0.2, -0.15) is 12.6 Å². The van der Waals surface area contributed by atoms with Crippen molar-refractivity contribution in [1.29, 1.82) is 0 Å². The highest BCUT2D eigenvalue weighted by molar-refractivity contribution is 7.80. The molecule has 1 aliphatic heterocycles. The van der Waals surface area contributed by atoms with E-state index in [1.165, 1.54) is 13.3 Å². The van der Waals surface area contributed by atoms with E-state index in [0.717, 1.165) is 5.47 Å². The van der Waals surface area contributed by atoms with Crippen molar-refractivity contribution in [2.45, 2.75) is 38.9 Å². The molecule has 1 aliphatic rings. The first-order valence-corrected chi connectivity index (χ1v) is 8.25. The van der Waals surface area contributed by atoms with Gasteiger partial charge in [0, 0.05) is 17.5 Å². The van der Waals surface area contributed by atoms with Crippen molar-refractivity contribution in [1.82, 2.24) is 4.98 Å². The number of aromatic nitrogens is 1. The van der Waals surface area contributed by atoms with Crippen molar-refractivity contribution in [3.8, 4) is 0 Å². The van der Waals surface area contributed by atoms with E-state index < -0.39 is 24.3 Å². The van der Waals surface area contributed by atoms with Crippen LogP contribution >= 0.6 is 12.6 Å². The number of methoxy groups -OCH3 is 1. The lowest BCUT2D eigenvalue weighted by Crippen LogP contribution is -2.41. The van der Waals surface area contributed by atoms with Gasteiger partial charge in [-0.15, -0.1) is 0 Å². The summed E-state index contributed by atoms with van der Waals surface area (Å²) in [7, 11) is 0.784. The number of nitrogens with two attached hydrogens (primary N) is 1. The monoisotopic (exact) mass is 350 g/mol. The fourth-order valence-electron chi connectivity index (χ4n) is 2.22. The van der Waals surface area contributed by atoms with Gasteiger partial charge in [0.05, 0.1) is 23.9 Å². The predicted octanol–water partition coefficient (Wildman–Crippen LogP) is 2.40. The number of anilines is 1. The van der Waals surface area contributed by atoms with Crippen LogP contribution < -0.4 is 5.73 Å². The standard InChI is InChI=1S/C16H23BN2O4S/c1-15(2)16(3,4)23-17(22-15)12(9-24)7-10-6-11(14(20)21-5)8-19-13(10)18/h6-8,24H,9H2,1-5H3,(H2,18,19). The molecule has 24 heavy (non-hydrogen) atoms. The fraction of sp³-hybridized carbons (Fsp3) is 0.500. The average molecular weight is 350 g/mol. The first-order valence-electron chi connectivity index (χ1n) is 7.62. The summed E-state index contributed by atoms with van der Waals surface area (Å²) < 4.78 is 16.8. The van der Waals surface area contributed by atoms with Crippen molar-refractivity contribution in [3.05, 3.63) is 28.9 Å². The number of nitrogen functional groups attached to an aromatic ring is 1. The number of rotatable bonds is 4. The molecule has 1 aromatic rings. The molecule has 2 rings (SSSR count). The van der Waals surface area contributed by atoms with Crippen LogP contribution in [0.2, 0.25) is 0 Å². The van der Waals surface area contributed by atoms with E-state index in [1.807, 2.05) is 27.7 Å². The van der Waals surface area contributed by atoms with Crippen LogP contribution in [0.5, 0.6) is 0 Å².